The molecule has 2 rings (SSSR count). The smallest absolute Gasteiger partial charge is 0.335 e. The molecule has 1 aliphatic rings. The standard InChI is InChI=1S/C13H16BrNO5S/c1-8-10(14)4-9(12(17)18)5-11(8)21(19,20)15-6-13(7-16)2-3-13/h4-5,15-16H,2-3,6-7H2,1H3,(H,17,18). The molecule has 0 saturated heterocycles. The molecule has 0 heterocycles. The summed E-state index contributed by atoms with van der Waals surface area (Å²) in [5.74, 6) is -1.19. The topological polar surface area (TPSA) is 104 Å². The van der Waals surface area contributed by atoms with E-state index < -0.39 is 16.0 Å². The molecule has 8 heteroatoms. The van der Waals surface area contributed by atoms with Crippen LogP contribution >= 0.6 is 15.9 Å². The average molecular weight is 378 g/mol. The molecule has 1 saturated carbocycles. The summed E-state index contributed by atoms with van der Waals surface area (Å²) >= 11 is 3.18. The van der Waals surface area contributed by atoms with Crippen molar-refractivity contribution in [3.63, 3.8) is 0 Å². The highest BCUT2D eigenvalue weighted by molar-refractivity contribution is 9.10. The molecule has 0 aliphatic heterocycles. The SMILES string of the molecule is Cc1c(Br)cc(C(=O)O)cc1S(=O)(=O)NCC1(CO)CC1. The summed E-state index contributed by atoms with van der Waals surface area (Å²) in [5.41, 5.74) is -0.0136. The minimum Gasteiger partial charge on any atom is -0.478 e. The van der Waals surface area contributed by atoms with Crippen LogP contribution in [-0.4, -0.2) is 37.8 Å². The number of carboxylic acid groups (broad SMARTS) is 1. The van der Waals surface area contributed by atoms with Crippen LogP contribution in [0.5, 0.6) is 0 Å². The van der Waals surface area contributed by atoms with Crippen molar-refractivity contribution < 1.29 is 23.4 Å². The van der Waals surface area contributed by atoms with Gasteiger partial charge in [-0.3, -0.25) is 0 Å². The van der Waals surface area contributed by atoms with Crippen molar-refractivity contribution in [2.45, 2.75) is 24.7 Å². The molecule has 0 spiro atoms. The fraction of sp³-hybridized carbons (Fsp3) is 0.462. The summed E-state index contributed by atoms with van der Waals surface area (Å²) in [7, 11) is -3.83. The van der Waals surface area contributed by atoms with Crippen molar-refractivity contribution in [3.05, 3.63) is 27.7 Å². The quantitative estimate of drug-likeness (QED) is 0.696. The number of carbonyl (C=O) groups is 1. The summed E-state index contributed by atoms with van der Waals surface area (Å²) in [5, 5.41) is 18.2. The summed E-state index contributed by atoms with van der Waals surface area (Å²) in [6.07, 6.45) is 1.56. The second-order valence-corrected chi connectivity index (χ2v) is 7.96. The van der Waals surface area contributed by atoms with E-state index in [9.17, 15) is 18.3 Å². The molecule has 0 radical (unpaired) electrons. The van der Waals surface area contributed by atoms with Crippen LogP contribution in [0.3, 0.4) is 0 Å². The van der Waals surface area contributed by atoms with Gasteiger partial charge in [-0.2, -0.15) is 0 Å². The molecule has 21 heavy (non-hydrogen) atoms. The van der Waals surface area contributed by atoms with Crippen LogP contribution in [0.4, 0.5) is 0 Å². The molecule has 0 atom stereocenters. The average Bonchev–Trinajstić information content (AvgIpc) is 3.20. The second kappa shape index (κ2) is 5.68. The van der Waals surface area contributed by atoms with Gasteiger partial charge in [0.2, 0.25) is 10.0 Å². The van der Waals surface area contributed by atoms with Crippen LogP contribution in [0.2, 0.25) is 0 Å². The first-order valence-corrected chi connectivity index (χ1v) is 8.62. The Morgan fingerprint density at radius 2 is 2.05 bits per heavy atom. The van der Waals surface area contributed by atoms with Gasteiger partial charge in [-0.1, -0.05) is 15.9 Å². The predicted molar refractivity (Wildman–Crippen MR) is 79.8 cm³/mol. The third-order valence-electron chi connectivity index (χ3n) is 3.76. The Morgan fingerprint density at radius 1 is 1.43 bits per heavy atom. The van der Waals surface area contributed by atoms with E-state index >= 15 is 0 Å². The number of hydrogen-bond donors (Lipinski definition) is 3. The summed E-state index contributed by atoms with van der Waals surface area (Å²) in [6.45, 7) is 1.69. The van der Waals surface area contributed by atoms with E-state index in [1.165, 1.54) is 6.07 Å². The molecule has 3 N–H and O–H groups in total. The van der Waals surface area contributed by atoms with Crippen LogP contribution < -0.4 is 4.72 Å². The van der Waals surface area contributed by atoms with Crippen molar-refractivity contribution >= 4 is 31.9 Å². The van der Waals surface area contributed by atoms with Crippen molar-refractivity contribution in [1.29, 1.82) is 0 Å². The van der Waals surface area contributed by atoms with Gasteiger partial charge < -0.3 is 10.2 Å². The summed E-state index contributed by atoms with van der Waals surface area (Å²) in [4.78, 5) is 11.0. The minimum absolute atomic E-state index is 0.0621. The lowest BCUT2D eigenvalue weighted by molar-refractivity contribution is 0.0696. The Bertz CT molecular complexity index is 682. The highest BCUT2D eigenvalue weighted by atomic mass is 79.9. The maximum atomic E-state index is 12.4. The molecule has 0 aromatic heterocycles. The van der Waals surface area contributed by atoms with Gasteiger partial charge in [-0.15, -0.1) is 0 Å². The highest BCUT2D eigenvalue weighted by Gasteiger charge is 2.42. The summed E-state index contributed by atoms with van der Waals surface area (Å²) < 4.78 is 27.6. The van der Waals surface area contributed by atoms with Crippen LogP contribution in [0.25, 0.3) is 0 Å². The van der Waals surface area contributed by atoms with E-state index in [-0.39, 0.29) is 29.0 Å². The molecule has 6 nitrogen and oxygen atoms in total. The molecule has 1 fully saturated rings. The maximum absolute atomic E-state index is 12.4. The third-order valence-corrected chi connectivity index (χ3v) is 6.11. The zero-order valence-electron chi connectivity index (χ0n) is 11.4. The monoisotopic (exact) mass is 377 g/mol. The molecule has 0 unspecified atom stereocenters. The number of carboxylic acids is 1. The highest BCUT2D eigenvalue weighted by Crippen LogP contribution is 2.44. The molecule has 0 bridgehead atoms. The Kier molecular flexibility index (Phi) is 4.44. The van der Waals surface area contributed by atoms with E-state index in [1.54, 1.807) is 6.92 Å². The second-order valence-electron chi connectivity index (χ2n) is 5.37. The first kappa shape index (κ1) is 16.4. The predicted octanol–water partition coefficient (Wildman–Crippen LogP) is 1.51. The molecule has 116 valence electrons. The number of hydrogen-bond acceptors (Lipinski definition) is 4. The van der Waals surface area contributed by atoms with Crippen LogP contribution in [0.1, 0.15) is 28.8 Å². The fourth-order valence-electron chi connectivity index (χ4n) is 1.95. The van der Waals surface area contributed by atoms with Crippen LogP contribution in [0.15, 0.2) is 21.5 Å². The van der Waals surface area contributed by atoms with Crippen molar-refractivity contribution in [1.82, 2.24) is 4.72 Å². The van der Waals surface area contributed by atoms with Gasteiger partial charge in [0.15, 0.2) is 0 Å². The lowest BCUT2D eigenvalue weighted by Crippen LogP contribution is -2.32. The molecule has 1 aliphatic carbocycles. The van der Waals surface area contributed by atoms with Crippen LogP contribution in [0, 0.1) is 12.3 Å². The lowest BCUT2D eigenvalue weighted by Gasteiger charge is -2.15. The Morgan fingerprint density at radius 3 is 2.52 bits per heavy atom. The Balaban J connectivity index is 2.33. The Hall–Kier alpha value is -0.960. The number of sulfonamides is 1. The van der Waals surface area contributed by atoms with Crippen molar-refractivity contribution in [2.75, 3.05) is 13.2 Å². The van der Waals surface area contributed by atoms with Gasteiger partial charge in [-0.05, 0) is 37.5 Å². The number of halogens is 1. The maximum Gasteiger partial charge on any atom is 0.335 e. The van der Waals surface area contributed by atoms with E-state index in [2.05, 4.69) is 20.7 Å². The normalized spacial score (nSPS) is 16.7. The zero-order chi connectivity index (χ0) is 15.8. The van der Waals surface area contributed by atoms with Gasteiger partial charge in [-0.25, -0.2) is 17.9 Å². The van der Waals surface area contributed by atoms with Gasteiger partial charge in [0.25, 0.3) is 0 Å². The van der Waals surface area contributed by atoms with Crippen molar-refractivity contribution in [3.8, 4) is 0 Å². The number of benzene rings is 1. The Labute approximate surface area is 131 Å². The first-order valence-electron chi connectivity index (χ1n) is 6.35. The van der Waals surface area contributed by atoms with Crippen molar-refractivity contribution in [2.24, 2.45) is 5.41 Å². The number of aliphatic hydroxyl groups excluding tert-OH is 1. The van der Waals surface area contributed by atoms with E-state index in [4.69, 9.17) is 5.11 Å². The van der Waals surface area contributed by atoms with E-state index in [1.807, 2.05) is 0 Å². The minimum atomic E-state index is -3.83. The molecule has 0 amide bonds. The lowest BCUT2D eigenvalue weighted by atomic mass is 10.1. The summed E-state index contributed by atoms with van der Waals surface area (Å²) in [6, 6.07) is 2.51. The van der Waals surface area contributed by atoms with Crippen LogP contribution in [-0.2, 0) is 10.0 Å². The van der Waals surface area contributed by atoms with Gasteiger partial charge in [0.1, 0.15) is 0 Å². The molecular formula is C13H16BrNO5S. The number of rotatable bonds is 6. The molecule has 1 aromatic carbocycles. The molecule has 1 aromatic rings. The number of aliphatic hydroxyl groups is 1. The van der Waals surface area contributed by atoms with E-state index in [0.29, 0.717) is 10.0 Å². The van der Waals surface area contributed by atoms with Gasteiger partial charge in [0, 0.05) is 23.0 Å². The first-order chi connectivity index (χ1) is 9.71. The van der Waals surface area contributed by atoms with Gasteiger partial charge in [0.05, 0.1) is 10.5 Å². The molecular weight excluding hydrogens is 362 g/mol. The number of aromatic carboxylic acids is 1. The zero-order valence-corrected chi connectivity index (χ0v) is 13.8. The van der Waals surface area contributed by atoms with Gasteiger partial charge >= 0.3 is 5.97 Å². The number of nitrogens with one attached hydrogen (secondary N) is 1. The third kappa shape index (κ3) is 3.45. The van der Waals surface area contributed by atoms with E-state index in [0.717, 1.165) is 18.9 Å². The largest absolute Gasteiger partial charge is 0.478 e. The fourth-order valence-corrected chi connectivity index (χ4v) is 3.99.